The van der Waals surface area contributed by atoms with Crippen LogP contribution in [0.3, 0.4) is 0 Å². The molecule has 0 aliphatic rings. The minimum absolute atomic E-state index is 0.0508. The average molecular weight is 408 g/mol. The van der Waals surface area contributed by atoms with Crippen LogP contribution in [0, 0.1) is 0 Å². The van der Waals surface area contributed by atoms with Crippen LogP contribution in [-0.2, 0) is 12.6 Å². The first-order valence-electron chi connectivity index (χ1n) is 5.92. The first kappa shape index (κ1) is 15.6. The van der Waals surface area contributed by atoms with Gasteiger partial charge in [0, 0.05) is 9.30 Å². The monoisotopic (exact) mass is 406 g/mol. The van der Waals surface area contributed by atoms with E-state index in [0.717, 1.165) is 27.7 Å². The highest BCUT2D eigenvalue weighted by Crippen LogP contribution is 2.33. The molecule has 1 atom stereocenters. The minimum atomic E-state index is -4.28. The molecule has 0 fully saturated rings. The Labute approximate surface area is 132 Å². The Morgan fingerprint density at radius 3 is 2.10 bits per heavy atom. The smallest absolute Gasteiger partial charge is 0.166 e. The molecular weight excluding hydrogens is 397 g/mol. The Hall–Kier alpha value is -0.810. The van der Waals surface area contributed by atoms with E-state index in [2.05, 4.69) is 31.9 Å². The Balaban J connectivity index is 2.13. The van der Waals surface area contributed by atoms with Gasteiger partial charge < -0.3 is 0 Å². The summed E-state index contributed by atoms with van der Waals surface area (Å²) in [6.45, 7) is 0. The third-order valence-corrected chi connectivity index (χ3v) is 4.48. The van der Waals surface area contributed by atoms with Gasteiger partial charge in [0.15, 0.2) is 0 Å². The lowest BCUT2D eigenvalue weighted by Gasteiger charge is -2.13. The van der Waals surface area contributed by atoms with Crippen LogP contribution in [-0.4, -0.2) is 0 Å². The molecule has 0 bridgehead atoms. The lowest BCUT2D eigenvalue weighted by Crippen LogP contribution is -2.05. The van der Waals surface area contributed by atoms with Gasteiger partial charge in [0.1, 0.15) is 0 Å². The van der Waals surface area contributed by atoms with E-state index in [1.54, 1.807) is 0 Å². The van der Waals surface area contributed by atoms with Crippen molar-refractivity contribution in [2.24, 2.45) is 0 Å². The molecular formula is C15H11Br2F3. The zero-order valence-corrected chi connectivity index (χ0v) is 13.5. The zero-order chi connectivity index (χ0) is 14.8. The molecule has 0 saturated heterocycles. The van der Waals surface area contributed by atoms with Gasteiger partial charge in [0.2, 0.25) is 0 Å². The molecule has 0 N–H and O–H groups in total. The second-order valence-corrected chi connectivity index (χ2v) is 6.35. The highest BCUT2D eigenvalue weighted by atomic mass is 79.9. The van der Waals surface area contributed by atoms with Crippen molar-refractivity contribution in [1.82, 2.24) is 0 Å². The third kappa shape index (κ3) is 3.85. The van der Waals surface area contributed by atoms with Crippen LogP contribution in [0.4, 0.5) is 13.2 Å². The molecule has 0 nitrogen and oxygen atoms in total. The summed E-state index contributed by atoms with van der Waals surface area (Å²) < 4.78 is 38.4. The van der Waals surface area contributed by atoms with E-state index >= 15 is 0 Å². The van der Waals surface area contributed by atoms with E-state index in [4.69, 9.17) is 0 Å². The van der Waals surface area contributed by atoms with Crippen LogP contribution in [0.25, 0.3) is 0 Å². The molecule has 2 aromatic rings. The third-order valence-electron chi connectivity index (χ3n) is 2.94. The standard InChI is InChI=1S/C15H11Br2F3/c16-13-4-2-1-3-12(13)14(17)9-10-5-7-11(8-6-10)15(18,19)20/h1-8,14H,9H2. The molecule has 0 spiro atoms. The van der Waals surface area contributed by atoms with E-state index in [1.807, 2.05) is 24.3 Å². The lowest BCUT2D eigenvalue weighted by atomic mass is 10.0. The minimum Gasteiger partial charge on any atom is -0.166 e. The average Bonchev–Trinajstić information content (AvgIpc) is 2.38. The molecule has 0 heterocycles. The quantitative estimate of drug-likeness (QED) is 0.535. The van der Waals surface area contributed by atoms with Crippen molar-refractivity contribution in [1.29, 1.82) is 0 Å². The molecule has 0 aromatic heterocycles. The highest BCUT2D eigenvalue weighted by Gasteiger charge is 2.29. The molecule has 5 heteroatoms. The summed E-state index contributed by atoms with van der Waals surface area (Å²) in [5.41, 5.74) is 1.32. The predicted octanol–water partition coefficient (Wildman–Crippen LogP) is 6.15. The molecule has 0 amide bonds. The second-order valence-electron chi connectivity index (χ2n) is 4.39. The van der Waals surface area contributed by atoms with Gasteiger partial charge in [-0.1, -0.05) is 62.2 Å². The van der Waals surface area contributed by atoms with E-state index in [9.17, 15) is 13.2 Å². The van der Waals surface area contributed by atoms with Gasteiger partial charge in [0.05, 0.1) is 5.56 Å². The topological polar surface area (TPSA) is 0 Å². The first-order valence-corrected chi connectivity index (χ1v) is 7.63. The molecule has 1 unspecified atom stereocenters. The van der Waals surface area contributed by atoms with Crippen molar-refractivity contribution in [3.63, 3.8) is 0 Å². The maximum absolute atomic E-state index is 12.5. The van der Waals surface area contributed by atoms with Crippen LogP contribution in [0.2, 0.25) is 0 Å². The van der Waals surface area contributed by atoms with Crippen LogP contribution >= 0.6 is 31.9 Å². The summed E-state index contributed by atoms with van der Waals surface area (Å²) in [6.07, 6.45) is -3.66. The van der Waals surface area contributed by atoms with Gasteiger partial charge in [-0.25, -0.2) is 0 Å². The number of rotatable bonds is 3. The largest absolute Gasteiger partial charge is 0.416 e. The van der Waals surface area contributed by atoms with Gasteiger partial charge in [0.25, 0.3) is 0 Å². The Kier molecular flexibility index (Phi) is 4.91. The maximum atomic E-state index is 12.5. The summed E-state index contributed by atoms with van der Waals surface area (Å²) in [6, 6.07) is 13.1. The zero-order valence-electron chi connectivity index (χ0n) is 10.3. The van der Waals surface area contributed by atoms with Crippen molar-refractivity contribution in [3.8, 4) is 0 Å². The highest BCUT2D eigenvalue weighted by molar-refractivity contribution is 9.11. The van der Waals surface area contributed by atoms with E-state index in [-0.39, 0.29) is 4.83 Å². The lowest BCUT2D eigenvalue weighted by molar-refractivity contribution is -0.137. The normalized spacial score (nSPS) is 13.2. The fourth-order valence-corrected chi connectivity index (χ4v) is 3.52. The Morgan fingerprint density at radius 1 is 0.950 bits per heavy atom. The summed E-state index contributed by atoms with van der Waals surface area (Å²) in [5.74, 6) is 0. The van der Waals surface area contributed by atoms with Crippen molar-refractivity contribution < 1.29 is 13.2 Å². The van der Waals surface area contributed by atoms with Crippen molar-refractivity contribution in [3.05, 3.63) is 69.7 Å². The summed E-state index contributed by atoms with van der Waals surface area (Å²) in [5, 5.41) is 0. The number of alkyl halides is 4. The Bertz CT molecular complexity index is 576. The van der Waals surface area contributed by atoms with Gasteiger partial charge in [-0.2, -0.15) is 13.2 Å². The van der Waals surface area contributed by atoms with Gasteiger partial charge in [-0.15, -0.1) is 0 Å². The van der Waals surface area contributed by atoms with Crippen LogP contribution in [0.15, 0.2) is 53.0 Å². The van der Waals surface area contributed by atoms with Crippen molar-refractivity contribution >= 4 is 31.9 Å². The van der Waals surface area contributed by atoms with E-state index in [0.29, 0.717) is 6.42 Å². The van der Waals surface area contributed by atoms with Gasteiger partial charge in [-0.3, -0.25) is 0 Å². The number of benzene rings is 2. The fourth-order valence-electron chi connectivity index (χ4n) is 1.88. The van der Waals surface area contributed by atoms with Gasteiger partial charge >= 0.3 is 6.18 Å². The summed E-state index contributed by atoms with van der Waals surface area (Å²) in [7, 11) is 0. The summed E-state index contributed by atoms with van der Waals surface area (Å²) in [4.78, 5) is 0.0508. The van der Waals surface area contributed by atoms with E-state index in [1.165, 1.54) is 12.1 Å². The first-order chi connectivity index (χ1) is 9.38. The molecule has 0 saturated carbocycles. The molecule has 106 valence electrons. The number of halogens is 5. The van der Waals surface area contributed by atoms with Crippen molar-refractivity contribution in [2.45, 2.75) is 17.4 Å². The molecule has 0 aliphatic heterocycles. The molecule has 2 rings (SSSR count). The molecule has 0 aliphatic carbocycles. The molecule has 2 aromatic carbocycles. The van der Waals surface area contributed by atoms with Gasteiger partial charge in [-0.05, 0) is 35.7 Å². The summed E-state index contributed by atoms with van der Waals surface area (Å²) >= 11 is 7.05. The van der Waals surface area contributed by atoms with Crippen LogP contribution in [0.1, 0.15) is 21.5 Å². The number of hydrogen-bond donors (Lipinski definition) is 0. The predicted molar refractivity (Wildman–Crippen MR) is 81.0 cm³/mol. The van der Waals surface area contributed by atoms with Crippen LogP contribution < -0.4 is 0 Å². The van der Waals surface area contributed by atoms with E-state index < -0.39 is 11.7 Å². The van der Waals surface area contributed by atoms with Crippen LogP contribution in [0.5, 0.6) is 0 Å². The maximum Gasteiger partial charge on any atom is 0.416 e. The Morgan fingerprint density at radius 2 is 1.55 bits per heavy atom. The molecule has 0 radical (unpaired) electrons. The SMILES string of the molecule is FC(F)(F)c1ccc(CC(Br)c2ccccc2Br)cc1. The molecule has 20 heavy (non-hydrogen) atoms. The fraction of sp³-hybridized carbons (Fsp3) is 0.200. The number of hydrogen-bond acceptors (Lipinski definition) is 0. The second kappa shape index (κ2) is 6.31. The van der Waals surface area contributed by atoms with Crippen molar-refractivity contribution in [2.75, 3.05) is 0 Å².